The van der Waals surface area contributed by atoms with Crippen LogP contribution in [0.5, 0.6) is 11.5 Å². The van der Waals surface area contributed by atoms with E-state index < -0.39 is 23.2 Å². The topological polar surface area (TPSA) is 93.1 Å². The van der Waals surface area contributed by atoms with Gasteiger partial charge in [0.1, 0.15) is 0 Å². The molecule has 0 bridgehead atoms. The predicted molar refractivity (Wildman–Crippen MR) is 92.2 cm³/mol. The standard InChI is InChI=1S/C17H15NO6S/c1-4-7-18-15(19)14(25-17(18)22)9-11-5-6-12(13(8-11)23-3)24-10(2)16(20)21/h1,5-6,8-10H,7H2,2-3H3,(H,20,21)/b14-9-/t10-/m1/s1. The number of carbonyl (C=O) groups excluding carboxylic acids is 2. The number of nitrogens with zero attached hydrogens (tertiary/aromatic N) is 1. The molecular weight excluding hydrogens is 346 g/mol. The number of carboxylic acids is 1. The molecule has 1 atom stereocenters. The fourth-order valence-electron chi connectivity index (χ4n) is 1.99. The molecule has 1 saturated heterocycles. The molecule has 1 aliphatic heterocycles. The van der Waals surface area contributed by atoms with Gasteiger partial charge in [-0.05, 0) is 42.5 Å². The van der Waals surface area contributed by atoms with Gasteiger partial charge < -0.3 is 14.6 Å². The van der Waals surface area contributed by atoms with Crippen LogP contribution in [0.1, 0.15) is 12.5 Å². The Morgan fingerprint density at radius 2 is 2.16 bits per heavy atom. The normalized spacial score (nSPS) is 16.7. The minimum absolute atomic E-state index is 0.0782. The third-order valence-electron chi connectivity index (χ3n) is 3.26. The van der Waals surface area contributed by atoms with Crippen LogP contribution in [0.2, 0.25) is 0 Å². The van der Waals surface area contributed by atoms with Gasteiger partial charge in [-0.3, -0.25) is 14.5 Å². The van der Waals surface area contributed by atoms with E-state index in [1.807, 2.05) is 0 Å². The number of terminal acetylenes is 1. The summed E-state index contributed by atoms with van der Waals surface area (Å²) in [6.07, 6.45) is 5.64. The molecule has 0 saturated carbocycles. The van der Waals surface area contributed by atoms with Crippen LogP contribution in [0.15, 0.2) is 23.1 Å². The SMILES string of the molecule is C#CCN1C(=O)S/C(=C\c2ccc(O[C@H](C)C(=O)O)c(OC)c2)C1=O. The van der Waals surface area contributed by atoms with Crippen molar-refractivity contribution in [3.05, 3.63) is 28.7 Å². The van der Waals surface area contributed by atoms with Crippen molar-refractivity contribution in [3.8, 4) is 23.8 Å². The number of thioether (sulfide) groups is 1. The van der Waals surface area contributed by atoms with Crippen molar-refractivity contribution >= 4 is 35.0 Å². The first kappa shape index (κ1) is 18.4. The number of hydrogen-bond acceptors (Lipinski definition) is 6. The van der Waals surface area contributed by atoms with Gasteiger partial charge in [-0.25, -0.2) is 4.79 Å². The second-order valence-electron chi connectivity index (χ2n) is 4.98. The van der Waals surface area contributed by atoms with Crippen LogP contribution in [0, 0.1) is 12.3 Å². The zero-order chi connectivity index (χ0) is 18.6. The first-order valence-corrected chi connectivity index (χ1v) is 7.95. The summed E-state index contributed by atoms with van der Waals surface area (Å²) in [5.74, 6) is 1.28. The van der Waals surface area contributed by atoms with Crippen molar-refractivity contribution in [1.82, 2.24) is 4.90 Å². The van der Waals surface area contributed by atoms with E-state index in [1.165, 1.54) is 26.2 Å². The summed E-state index contributed by atoms with van der Waals surface area (Å²) < 4.78 is 10.5. The Bertz CT molecular complexity index is 795. The van der Waals surface area contributed by atoms with Crippen molar-refractivity contribution in [1.29, 1.82) is 0 Å². The molecular formula is C17H15NO6S. The molecule has 2 amide bonds. The van der Waals surface area contributed by atoms with E-state index in [0.717, 1.165) is 16.7 Å². The molecule has 1 aromatic rings. The molecule has 130 valence electrons. The van der Waals surface area contributed by atoms with Gasteiger partial charge in [-0.1, -0.05) is 12.0 Å². The smallest absolute Gasteiger partial charge is 0.344 e. The molecule has 1 aliphatic rings. The summed E-state index contributed by atoms with van der Waals surface area (Å²) in [4.78, 5) is 36.0. The first-order chi connectivity index (χ1) is 11.9. The van der Waals surface area contributed by atoms with Gasteiger partial charge in [0.05, 0.1) is 18.6 Å². The first-order valence-electron chi connectivity index (χ1n) is 7.13. The third-order valence-corrected chi connectivity index (χ3v) is 4.17. The van der Waals surface area contributed by atoms with Gasteiger partial charge in [0.15, 0.2) is 17.6 Å². The molecule has 0 radical (unpaired) electrons. The van der Waals surface area contributed by atoms with Crippen molar-refractivity contribution in [2.45, 2.75) is 13.0 Å². The minimum atomic E-state index is -1.10. The molecule has 0 aromatic heterocycles. The van der Waals surface area contributed by atoms with Crippen LogP contribution in [0.3, 0.4) is 0 Å². The molecule has 1 N–H and O–H groups in total. The van der Waals surface area contributed by atoms with Crippen molar-refractivity contribution in [2.24, 2.45) is 0 Å². The van der Waals surface area contributed by atoms with E-state index in [-0.39, 0.29) is 17.2 Å². The van der Waals surface area contributed by atoms with E-state index in [2.05, 4.69) is 5.92 Å². The molecule has 0 unspecified atom stereocenters. The predicted octanol–water partition coefficient (Wildman–Crippen LogP) is 2.22. The fraction of sp³-hybridized carbons (Fsp3) is 0.235. The summed E-state index contributed by atoms with van der Waals surface area (Å²) in [6.45, 7) is 1.32. The zero-order valence-electron chi connectivity index (χ0n) is 13.5. The number of ether oxygens (including phenoxy) is 2. The maximum absolute atomic E-state index is 12.2. The average molecular weight is 361 g/mol. The van der Waals surface area contributed by atoms with E-state index in [9.17, 15) is 14.4 Å². The number of imide groups is 1. The number of carbonyl (C=O) groups is 3. The van der Waals surface area contributed by atoms with Crippen LogP contribution in [-0.4, -0.2) is 46.9 Å². The lowest BCUT2D eigenvalue weighted by Crippen LogP contribution is -2.28. The monoisotopic (exact) mass is 361 g/mol. The lowest BCUT2D eigenvalue weighted by atomic mass is 10.2. The maximum atomic E-state index is 12.2. The molecule has 0 spiro atoms. The summed E-state index contributed by atoms with van der Waals surface area (Å²) in [5, 5.41) is 8.49. The Hall–Kier alpha value is -2.92. The minimum Gasteiger partial charge on any atom is -0.493 e. The Kier molecular flexibility index (Phi) is 5.72. The molecule has 2 rings (SSSR count). The third kappa shape index (κ3) is 4.14. The molecule has 1 heterocycles. The van der Waals surface area contributed by atoms with E-state index in [1.54, 1.807) is 12.1 Å². The number of amides is 2. The van der Waals surface area contributed by atoms with Crippen LogP contribution >= 0.6 is 11.8 Å². The summed E-state index contributed by atoms with van der Waals surface area (Å²) >= 11 is 0.802. The second kappa shape index (κ2) is 7.77. The van der Waals surface area contributed by atoms with Crippen LogP contribution in [-0.2, 0) is 9.59 Å². The zero-order valence-corrected chi connectivity index (χ0v) is 14.3. The highest BCUT2D eigenvalue weighted by atomic mass is 32.2. The van der Waals surface area contributed by atoms with Gasteiger partial charge in [-0.2, -0.15) is 0 Å². The molecule has 0 aliphatic carbocycles. The van der Waals surface area contributed by atoms with Crippen molar-refractivity contribution in [2.75, 3.05) is 13.7 Å². The highest BCUT2D eigenvalue weighted by Crippen LogP contribution is 2.34. The Morgan fingerprint density at radius 3 is 2.76 bits per heavy atom. The number of hydrogen-bond donors (Lipinski definition) is 1. The van der Waals surface area contributed by atoms with E-state index >= 15 is 0 Å². The second-order valence-corrected chi connectivity index (χ2v) is 5.97. The lowest BCUT2D eigenvalue weighted by molar-refractivity contribution is -0.144. The Labute approximate surface area is 148 Å². The van der Waals surface area contributed by atoms with Gasteiger partial charge in [0.2, 0.25) is 0 Å². The number of methoxy groups -OCH3 is 1. The van der Waals surface area contributed by atoms with E-state index in [4.69, 9.17) is 21.0 Å². The van der Waals surface area contributed by atoms with Crippen molar-refractivity contribution < 1.29 is 29.0 Å². The summed E-state index contributed by atoms with van der Waals surface area (Å²) in [5.41, 5.74) is 0.596. The van der Waals surface area contributed by atoms with Crippen LogP contribution < -0.4 is 9.47 Å². The molecule has 7 nitrogen and oxygen atoms in total. The number of aliphatic carboxylic acids is 1. The lowest BCUT2D eigenvalue weighted by Gasteiger charge is -2.14. The van der Waals surface area contributed by atoms with Gasteiger partial charge in [0.25, 0.3) is 11.1 Å². The molecule has 1 fully saturated rings. The average Bonchev–Trinajstić information content (AvgIpc) is 2.83. The highest BCUT2D eigenvalue weighted by Gasteiger charge is 2.34. The number of carboxylic acid groups (broad SMARTS) is 1. The van der Waals surface area contributed by atoms with Crippen LogP contribution in [0.25, 0.3) is 6.08 Å². The summed E-state index contributed by atoms with van der Waals surface area (Å²) in [6, 6.07) is 4.75. The molecule has 8 heteroatoms. The molecule has 1 aromatic carbocycles. The highest BCUT2D eigenvalue weighted by molar-refractivity contribution is 8.18. The Morgan fingerprint density at radius 1 is 1.44 bits per heavy atom. The fourth-order valence-corrected chi connectivity index (χ4v) is 2.83. The quantitative estimate of drug-likeness (QED) is 0.613. The van der Waals surface area contributed by atoms with Gasteiger partial charge in [-0.15, -0.1) is 6.42 Å². The summed E-state index contributed by atoms with van der Waals surface area (Å²) in [7, 11) is 1.41. The van der Waals surface area contributed by atoms with E-state index in [0.29, 0.717) is 11.3 Å². The largest absolute Gasteiger partial charge is 0.493 e. The maximum Gasteiger partial charge on any atom is 0.344 e. The number of rotatable bonds is 6. The van der Waals surface area contributed by atoms with Crippen LogP contribution in [0.4, 0.5) is 4.79 Å². The molecule has 25 heavy (non-hydrogen) atoms. The Balaban J connectivity index is 2.27. The van der Waals surface area contributed by atoms with Crippen molar-refractivity contribution in [3.63, 3.8) is 0 Å². The number of benzene rings is 1. The van der Waals surface area contributed by atoms with Gasteiger partial charge >= 0.3 is 5.97 Å². The van der Waals surface area contributed by atoms with Gasteiger partial charge in [0, 0.05) is 0 Å².